The van der Waals surface area contributed by atoms with E-state index in [4.69, 9.17) is 28.6 Å². The summed E-state index contributed by atoms with van der Waals surface area (Å²) in [5.41, 5.74) is 1.90. The molecule has 0 saturated carbocycles. The van der Waals surface area contributed by atoms with Crippen LogP contribution in [0.15, 0.2) is 36.5 Å². The lowest BCUT2D eigenvalue weighted by Gasteiger charge is -2.17. The number of halogens is 1. The molecule has 11 heteroatoms. The van der Waals surface area contributed by atoms with Gasteiger partial charge in [-0.1, -0.05) is 41.9 Å². The summed E-state index contributed by atoms with van der Waals surface area (Å²) in [6, 6.07) is 9.87. The zero-order chi connectivity index (χ0) is 24.8. The third-order valence-corrected chi connectivity index (χ3v) is 6.82. The first kappa shape index (κ1) is 25.7. The number of nitrogens with one attached hydrogen (secondary N) is 2. The average Bonchev–Trinajstić information content (AvgIpc) is 3.32. The van der Waals surface area contributed by atoms with E-state index in [-0.39, 0.29) is 16.6 Å². The number of esters is 1. The largest absolute Gasteiger partial charge is 0.465 e. The Labute approximate surface area is 212 Å². The van der Waals surface area contributed by atoms with Crippen LogP contribution in [0.25, 0.3) is 0 Å². The Morgan fingerprint density at radius 3 is 2.50 bits per heavy atom. The molecule has 0 spiro atoms. The number of carbonyl (C=O) groups is 2. The lowest BCUT2D eigenvalue weighted by atomic mass is 10.1. The molecule has 0 unspecified atom stereocenters. The monoisotopic (exact) mass is 519 g/mol. The summed E-state index contributed by atoms with van der Waals surface area (Å²) < 4.78 is 6.65. The van der Waals surface area contributed by atoms with Crippen molar-refractivity contribution < 1.29 is 14.3 Å². The van der Waals surface area contributed by atoms with Gasteiger partial charge in [0.1, 0.15) is 10.0 Å². The fourth-order valence-electron chi connectivity index (χ4n) is 3.38. The SMILES string of the molecule is CCN(CC)C(=O)c1sc(NC(=S)Nc2nn(Cc3ccccc3)cc2Cl)c(C(=O)OC)c1C. The summed E-state index contributed by atoms with van der Waals surface area (Å²) >= 11 is 12.9. The number of hydrogen-bond acceptors (Lipinski definition) is 6. The van der Waals surface area contributed by atoms with Crippen molar-refractivity contribution in [1.82, 2.24) is 14.7 Å². The highest BCUT2D eigenvalue weighted by atomic mass is 35.5. The first-order chi connectivity index (χ1) is 16.3. The molecular weight excluding hydrogens is 494 g/mol. The van der Waals surface area contributed by atoms with Gasteiger partial charge in [-0.05, 0) is 44.1 Å². The standard InChI is InChI=1S/C23H26ClN5O3S2/c1-5-28(6-2)21(30)18-14(3)17(22(31)32-4)20(34-18)26-23(33)25-19-16(24)13-29(27-19)12-15-10-8-7-9-11-15/h7-11,13H,5-6,12H2,1-4H3,(H2,25,26,27,33). The van der Waals surface area contributed by atoms with Gasteiger partial charge in [0, 0.05) is 19.3 Å². The molecule has 2 N–H and O–H groups in total. The summed E-state index contributed by atoms with van der Waals surface area (Å²) in [4.78, 5) is 27.6. The van der Waals surface area contributed by atoms with E-state index in [9.17, 15) is 9.59 Å². The maximum Gasteiger partial charge on any atom is 0.341 e. The normalized spacial score (nSPS) is 10.6. The number of benzene rings is 1. The van der Waals surface area contributed by atoms with Crippen LogP contribution in [0.1, 0.15) is 45.0 Å². The van der Waals surface area contributed by atoms with E-state index in [2.05, 4.69) is 15.7 Å². The van der Waals surface area contributed by atoms with Gasteiger partial charge in [0.25, 0.3) is 5.91 Å². The van der Waals surface area contributed by atoms with Gasteiger partial charge in [0.2, 0.25) is 0 Å². The number of thiocarbonyl (C=S) groups is 1. The maximum absolute atomic E-state index is 13.0. The molecule has 0 aliphatic rings. The zero-order valence-electron chi connectivity index (χ0n) is 19.3. The third kappa shape index (κ3) is 5.75. The molecule has 34 heavy (non-hydrogen) atoms. The molecule has 2 heterocycles. The van der Waals surface area contributed by atoms with Gasteiger partial charge in [-0.3, -0.25) is 9.48 Å². The number of rotatable bonds is 8. The molecule has 1 aromatic carbocycles. The highest BCUT2D eigenvalue weighted by Crippen LogP contribution is 2.35. The molecule has 8 nitrogen and oxygen atoms in total. The van der Waals surface area contributed by atoms with Crippen LogP contribution in [0.2, 0.25) is 5.02 Å². The van der Waals surface area contributed by atoms with Crippen molar-refractivity contribution in [1.29, 1.82) is 0 Å². The van der Waals surface area contributed by atoms with Crippen molar-refractivity contribution in [3.8, 4) is 0 Å². The second-order valence-electron chi connectivity index (χ2n) is 7.32. The van der Waals surface area contributed by atoms with E-state index in [0.717, 1.165) is 16.9 Å². The number of nitrogens with zero attached hydrogens (tertiary/aromatic N) is 3. The predicted molar refractivity (Wildman–Crippen MR) is 140 cm³/mol. The number of anilines is 2. The van der Waals surface area contributed by atoms with Crippen molar-refractivity contribution in [3.63, 3.8) is 0 Å². The topological polar surface area (TPSA) is 88.5 Å². The van der Waals surface area contributed by atoms with Gasteiger partial charge < -0.3 is 20.3 Å². The van der Waals surface area contributed by atoms with Crippen LogP contribution in [-0.4, -0.2) is 51.9 Å². The van der Waals surface area contributed by atoms with Crippen LogP contribution < -0.4 is 10.6 Å². The van der Waals surface area contributed by atoms with Crippen molar-refractivity contribution >= 4 is 63.0 Å². The van der Waals surface area contributed by atoms with E-state index >= 15 is 0 Å². The number of ether oxygens (including phenoxy) is 1. The van der Waals surface area contributed by atoms with Crippen LogP contribution in [0.5, 0.6) is 0 Å². The number of aromatic nitrogens is 2. The Morgan fingerprint density at radius 1 is 1.21 bits per heavy atom. The van der Waals surface area contributed by atoms with E-state index < -0.39 is 5.97 Å². The van der Waals surface area contributed by atoms with Crippen LogP contribution in [-0.2, 0) is 11.3 Å². The van der Waals surface area contributed by atoms with Crippen molar-refractivity contribution in [3.05, 3.63) is 63.1 Å². The number of thiophene rings is 1. The number of amides is 1. The van der Waals surface area contributed by atoms with Gasteiger partial charge >= 0.3 is 5.97 Å². The summed E-state index contributed by atoms with van der Waals surface area (Å²) in [5.74, 6) is -0.322. The molecule has 180 valence electrons. The highest BCUT2D eigenvalue weighted by Gasteiger charge is 2.27. The quantitative estimate of drug-likeness (QED) is 0.318. The fraction of sp³-hybridized carbons (Fsp3) is 0.304. The first-order valence-corrected chi connectivity index (χ1v) is 12.2. The lowest BCUT2D eigenvalue weighted by molar-refractivity contribution is 0.0601. The Balaban J connectivity index is 1.81. The molecule has 3 aromatic rings. The summed E-state index contributed by atoms with van der Waals surface area (Å²) in [5, 5.41) is 11.4. The fourth-order valence-corrected chi connectivity index (χ4v) is 5.01. The van der Waals surface area contributed by atoms with E-state index in [1.807, 2.05) is 44.2 Å². The molecule has 1 amide bonds. The molecule has 0 saturated heterocycles. The Kier molecular flexibility index (Phi) is 8.65. The van der Waals surface area contributed by atoms with Crippen LogP contribution in [0, 0.1) is 6.92 Å². The minimum absolute atomic E-state index is 0.146. The van der Waals surface area contributed by atoms with Gasteiger partial charge in [0.05, 0.1) is 24.1 Å². The molecule has 0 aliphatic heterocycles. The molecule has 3 rings (SSSR count). The van der Waals surface area contributed by atoms with Crippen molar-refractivity contribution in [2.75, 3.05) is 30.8 Å². The second-order valence-corrected chi connectivity index (χ2v) is 9.15. The molecule has 0 radical (unpaired) electrons. The van der Waals surface area contributed by atoms with Crippen molar-refractivity contribution in [2.24, 2.45) is 0 Å². The Hall–Kier alpha value is -2.95. The minimum atomic E-state index is -0.553. The molecular formula is C23H26ClN5O3S2. The van der Waals surface area contributed by atoms with E-state index in [1.54, 1.807) is 22.7 Å². The van der Waals surface area contributed by atoms with E-state index in [1.165, 1.54) is 7.11 Å². The molecule has 0 atom stereocenters. The predicted octanol–water partition coefficient (Wildman–Crippen LogP) is 5.03. The second kappa shape index (κ2) is 11.5. The van der Waals surface area contributed by atoms with Gasteiger partial charge in [-0.15, -0.1) is 11.3 Å². The van der Waals surface area contributed by atoms with Crippen LogP contribution in [0.4, 0.5) is 10.8 Å². The maximum atomic E-state index is 13.0. The third-order valence-electron chi connectivity index (χ3n) is 5.14. The van der Waals surface area contributed by atoms with Gasteiger partial charge in [-0.2, -0.15) is 5.10 Å². The number of methoxy groups -OCH3 is 1. The molecule has 0 aliphatic carbocycles. The Bertz CT molecular complexity index is 1190. The van der Waals surface area contributed by atoms with Gasteiger partial charge in [0.15, 0.2) is 10.9 Å². The molecule has 0 bridgehead atoms. The van der Waals surface area contributed by atoms with Gasteiger partial charge in [-0.25, -0.2) is 4.79 Å². The first-order valence-electron chi connectivity index (χ1n) is 10.6. The highest BCUT2D eigenvalue weighted by molar-refractivity contribution is 7.80. The molecule has 0 fully saturated rings. The average molecular weight is 520 g/mol. The van der Waals surface area contributed by atoms with Crippen molar-refractivity contribution in [2.45, 2.75) is 27.3 Å². The van der Waals surface area contributed by atoms with Crippen LogP contribution in [0.3, 0.4) is 0 Å². The zero-order valence-corrected chi connectivity index (χ0v) is 21.7. The summed E-state index contributed by atoms with van der Waals surface area (Å²) in [6.45, 7) is 7.22. The number of hydrogen-bond donors (Lipinski definition) is 2. The smallest absolute Gasteiger partial charge is 0.341 e. The van der Waals surface area contributed by atoms with E-state index in [0.29, 0.717) is 45.9 Å². The lowest BCUT2D eigenvalue weighted by Crippen LogP contribution is -2.30. The Morgan fingerprint density at radius 2 is 1.88 bits per heavy atom. The number of carbonyl (C=O) groups excluding carboxylic acids is 2. The minimum Gasteiger partial charge on any atom is -0.465 e. The summed E-state index contributed by atoms with van der Waals surface area (Å²) in [6.07, 6.45) is 1.70. The van der Waals surface area contributed by atoms with Crippen LogP contribution >= 0.6 is 35.2 Å². The summed E-state index contributed by atoms with van der Waals surface area (Å²) in [7, 11) is 1.30. The molecule has 2 aromatic heterocycles.